The summed E-state index contributed by atoms with van der Waals surface area (Å²) < 4.78 is 38.9. The van der Waals surface area contributed by atoms with Crippen LogP contribution >= 0.6 is 11.6 Å². The molecule has 1 aliphatic heterocycles. The van der Waals surface area contributed by atoms with Crippen LogP contribution in [0.2, 0.25) is 5.02 Å². The molecule has 42 heavy (non-hydrogen) atoms. The molecule has 2 aliphatic rings. The molecule has 6 rings (SSSR count). The molecule has 1 atom stereocenters. The lowest BCUT2D eigenvalue weighted by Gasteiger charge is -2.24. The van der Waals surface area contributed by atoms with E-state index in [0.29, 0.717) is 58.2 Å². The van der Waals surface area contributed by atoms with Gasteiger partial charge in [0, 0.05) is 11.6 Å². The van der Waals surface area contributed by atoms with E-state index in [1.165, 1.54) is 17.0 Å². The number of aliphatic hydroxyl groups excluding tert-OH is 1. The van der Waals surface area contributed by atoms with Gasteiger partial charge in [-0.2, -0.15) is 13.2 Å². The van der Waals surface area contributed by atoms with Crippen LogP contribution in [0.3, 0.4) is 0 Å². The molecule has 2 N–H and O–H groups in total. The molecule has 6 nitrogen and oxygen atoms in total. The van der Waals surface area contributed by atoms with E-state index >= 15 is 0 Å². The summed E-state index contributed by atoms with van der Waals surface area (Å²) in [4.78, 5) is 36.0. The van der Waals surface area contributed by atoms with Gasteiger partial charge in [-0.15, -0.1) is 0 Å². The number of carbonyl (C=O) groups excluding carboxylic acids is 1. The van der Waals surface area contributed by atoms with Crippen LogP contribution in [-0.4, -0.2) is 32.4 Å². The minimum absolute atomic E-state index is 0.0105. The van der Waals surface area contributed by atoms with Gasteiger partial charge in [-0.25, -0.2) is 4.98 Å². The molecule has 0 unspecified atom stereocenters. The predicted molar refractivity (Wildman–Crippen MR) is 152 cm³/mol. The predicted octanol–water partition coefficient (Wildman–Crippen LogP) is 6.20. The summed E-state index contributed by atoms with van der Waals surface area (Å²) in [7, 11) is 0. The number of nitrogens with zero attached hydrogens (tertiary/aromatic N) is 2. The summed E-state index contributed by atoms with van der Waals surface area (Å²) in [5.41, 5.74) is 2.01. The van der Waals surface area contributed by atoms with Crippen LogP contribution in [0.1, 0.15) is 59.1 Å². The molecular formula is C32H27ClF3N3O3. The number of aryl methyl sites for hydroxylation is 1. The Labute approximate surface area is 244 Å². The van der Waals surface area contributed by atoms with Crippen molar-refractivity contribution in [2.75, 3.05) is 6.54 Å². The van der Waals surface area contributed by atoms with E-state index in [1.54, 1.807) is 30.3 Å². The number of aliphatic hydroxyl groups is 1. The zero-order valence-electron chi connectivity index (χ0n) is 22.4. The van der Waals surface area contributed by atoms with Crippen LogP contribution in [-0.2, 0) is 29.4 Å². The second-order valence-electron chi connectivity index (χ2n) is 10.9. The number of halogens is 4. The zero-order valence-corrected chi connectivity index (χ0v) is 23.2. The van der Waals surface area contributed by atoms with E-state index in [-0.39, 0.29) is 17.5 Å². The Morgan fingerprint density at radius 1 is 1.02 bits per heavy atom. The molecule has 0 saturated heterocycles. The van der Waals surface area contributed by atoms with E-state index in [9.17, 15) is 27.9 Å². The van der Waals surface area contributed by atoms with Crippen molar-refractivity contribution in [1.82, 2.24) is 14.9 Å². The number of rotatable bonds is 5. The highest BCUT2D eigenvalue weighted by Gasteiger charge is 2.49. The van der Waals surface area contributed by atoms with Crippen molar-refractivity contribution in [2.45, 2.75) is 49.9 Å². The van der Waals surface area contributed by atoms with Crippen LogP contribution in [0.4, 0.5) is 13.2 Å². The van der Waals surface area contributed by atoms with E-state index in [4.69, 9.17) is 16.6 Å². The fourth-order valence-electron chi connectivity index (χ4n) is 5.67. The number of benzene rings is 3. The summed E-state index contributed by atoms with van der Waals surface area (Å²) in [6, 6.07) is 18.8. The molecular weight excluding hydrogens is 567 g/mol. The fraction of sp³-hybridized carbons (Fsp3) is 0.281. The molecule has 2 heterocycles. The maximum absolute atomic E-state index is 13.4. The number of hydrogen-bond acceptors (Lipinski definition) is 4. The third-order valence-corrected chi connectivity index (χ3v) is 8.40. The SMILES string of the molecule is O=C([C@H](O)c1cccc(-c2ccc(C(F)(F)F)cc2)c1)N1CCCc2nc(C3(c4cccc(Cl)c4)CC3)[nH]c(=O)c2C1. The highest BCUT2D eigenvalue weighted by Crippen LogP contribution is 2.52. The Morgan fingerprint density at radius 3 is 2.45 bits per heavy atom. The number of H-pyrrole nitrogens is 1. The number of nitrogens with one attached hydrogen (secondary N) is 1. The number of aromatic nitrogens is 2. The molecule has 0 radical (unpaired) electrons. The van der Waals surface area contributed by atoms with Gasteiger partial charge in [0.1, 0.15) is 5.82 Å². The van der Waals surface area contributed by atoms with Crippen LogP contribution in [0.15, 0.2) is 77.6 Å². The van der Waals surface area contributed by atoms with E-state index in [0.717, 1.165) is 30.5 Å². The fourth-order valence-corrected chi connectivity index (χ4v) is 5.86. The van der Waals surface area contributed by atoms with Gasteiger partial charge in [0.15, 0.2) is 6.10 Å². The Hall–Kier alpha value is -3.95. The van der Waals surface area contributed by atoms with Gasteiger partial charge in [-0.3, -0.25) is 9.59 Å². The number of amides is 1. The van der Waals surface area contributed by atoms with Crippen molar-refractivity contribution >= 4 is 17.5 Å². The highest BCUT2D eigenvalue weighted by atomic mass is 35.5. The molecule has 216 valence electrons. The minimum Gasteiger partial charge on any atom is -0.378 e. The first-order valence-corrected chi connectivity index (χ1v) is 14.1. The van der Waals surface area contributed by atoms with Crippen molar-refractivity contribution < 1.29 is 23.1 Å². The lowest BCUT2D eigenvalue weighted by atomic mass is 9.94. The number of hydrogen-bond donors (Lipinski definition) is 2. The topological polar surface area (TPSA) is 86.3 Å². The maximum Gasteiger partial charge on any atom is 0.416 e. The van der Waals surface area contributed by atoms with Crippen molar-refractivity contribution in [1.29, 1.82) is 0 Å². The van der Waals surface area contributed by atoms with Gasteiger partial charge in [0.2, 0.25) is 0 Å². The van der Waals surface area contributed by atoms with Gasteiger partial charge in [-0.05, 0) is 78.3 Å². The maximum atomic E-state index is 13.4. The van der Waals surface area contributed by atoms with Crippen LogP contribution < -0.4 is 5.56 Å². The highest BCUT2D eigenvalue weighted by molar-refractivity contribution is 6.30. The van der Waals surface area contributed by atoms with Gasteiger partial charge in [0.25, 0.3) is 11.5 Å². The zero-order chi connectivity index (χ0) is 29.6. The monoisotopic (exact) mass is 593 g/mol. The molecule has 4 aromatic rings. The van der Waals surface area contributed by atoms with E-state index in [1.807, 2.05) is 18.2 Å². The molecule has 1 aliphatic carbocycles. The lowest BCUT2D eigenvalue weighted by molar-refractivity contribution is -0.141. The molecule has 1 aromatic heterocycles. The standard InChI is InChI=1S/C32H27ClF3N3O3/c33-24-7-2-6-23(17-24)31(13-14-31)30-37-26-8-3-15-39(18-25(26)28(41)38-30)29(42)27(40)21-5-1-4-20(16-21)19-9-11-22(12-10-19)32(34,35)36/h1-2,4-7,9-12,16-17,27,40H,3,8,13-15,18H2,(H,37,38,41)/t27-/m1/s1. The van der Waals surface area contributed by atoms with Crippen molar-refractivity contribution in [3.63, 3.8) is 0 Å². The van der Waals surface area contributed by atoms with Gasteiger partial charge >= 0.3 is 6.18 Å². The molecule has 3 aromatic carbocycles. The van der Waals surface area contributed by atoms with Gasteiger partial charge in [-0.1, -0.05) is 54.1 Å². The van der Waals surface area contributed by atoms with Gasteiger partial charge in [0.05, 0.1) is 28.8 Å². The molecule has 0 spiro atoms. The van der Waals surface area contributed by atoms with Crippen molar-refractivity contribution in [2.24, 2.45) is 0 Å². The summed E-state index contributed by atoms with van der Waals surface area (Å²) in [6.07, 6.45) is -3.18. The number of fused-ring (bicyclic) bond motifs is 1. The smallest absolute Gasteiger partial charge is 0.378 e. The number of aromatic amines is 1. The average molecular weight is 594 g/mol. The first kappa shape index (κ1) is 28.2. The third kappa shape index (κ3) is 5.34. The molecule has 1 saturated carbocycles. The summed E-state index contributed by atoms with van der Waals surface area (Å²) in [5, 5.41) is 11.6. The van der Waals surface area contributed by atoms with Crippen LogP contribution in [0, 0.1) is 0 Å². The van der Waals surface area contributed by atoms with Crippen molar-refractivity contribution in [3.8, 4) is 11.1 Å². The van der Waals surface area contributed by atoms with E-state index in [2.05, 4.69) is 4.98 Å². The second kappa shape index (κ2) is 10.7. The normalized spacial score (nSPS) is 16.8. The summed E-state index contributed by atoms with van der Waals surface area (Å²) >= 11 is 6.22. The van der Waals surface area contributed by atoms with Crippen LogP contribution in [0.5, 0.6) is 0 Å². The number of carbonyl (C=O) groups is 1. The second-order valence-corrected chi connectivity index (χ2v) is 11.3. The Balaban J connectivity index is 1.22. The van der Waals surface area contributed by atoms with Crippen molar-refractivity contribution in [3.05, 3.63) is 122 Å². The number of alkyl halides is 3. The largest absolute Gasteiger partial charge is 0.416 e. The lowest BCUT2D eigenvalue weighted by Crippen LogP contribution is -2.36. The molecule has 1 fully saturated rings. The molecule has 0 bridgehead atoms. The average Bonchev–Trinajstić information content (AvgIpc) is 3.81. The first-order chi connectivity index (χ1) is 20.0. The van der Waals surface area contributed by atoms with E-state index < -0.39 is 23.8 Å². The minimum atomic E-state index is -4.44. The van der Waals surface area contributed by atoms with Gasteiger partial charge < -0.3 is 15.0 Å². The molecule has 1 amide bonds. The summed E-state index contributed by atoms with van der Waals surface area (Å²) in [5.74, 6) is 0.0434. The molecule has 10 heteroatoms. The van der Waals surface area contributed by atoms with Crippen LogP contribution in [0.25, 0.3) is 11.1 Å². The Kier molecular flexibility index (Phi) is 7.19. The quantitative estimate of drug-likeness (QED) is 0.289. The Morgan fingerprint density at radius 2 is 1.76 bits per heavy atom. The Bertz CT molecular complexity index is 1710. The summed E-state index contributed by atoms with van der Waals surface area (Å²) in [6.45, 7) is 0.343. The third-order valence-electron chi connectivity index (χ3n) is 8.17. The first-order valence-electron chi connectivity index (χ1n) is 13.7.